The molecule has 2 amide bonds. The number of thiocarbonyl (C=S) groups is 1. The van der Waals surface area contributed by atoms with Gasteiger partial charge in [-0.15, -0.1) is 0 Å². The van der Waals surface area contributed by atoms with Gasteiger partial charge in [0.05, 0.1) is 24.9 Å². The van der Waals surface area contributed by atoms with Crippen LogP contribution >= 0.6 is 34.8 Å². The van der Waals surface area contributed by atoms with Crippen LogP contribution in [0.2, 0.25) is 0 Å². The van der Waals surface area contributed by atoms with E-state index in [2.05, 4.69) is 38.8 Å². The van der Waals surface area contributed by atoms with Gasteiger partial charge in [-0.1, -0.05) is 6.07 Å². The van der Waals surface area contributed by atoms with Crippen LogP contribution in [0.25, 0.3) is 6.08 Å². The van der Waals surface area contributed by atoms with E-state index in [0.29, 0.717) is 22.8 Å². The molecule has 0 bridgehead atoms. The molecular formula is C20H20IN3O5S. The maximum absolute atomic E-state index is 12.2. The van der Waals surface area contributed by atoms with Gasteiger partial charge in [0, 0.05) is 11.6 Å². The van der Waals surface area contributed by atoms with E-state index in [1.807, 2.05) is 0 Å². The van der Waals surface area contributed by atoms with E-state index in [-0.39, 0.29) is 5.11 Å². The number of hydrogen-bond acceptors (Lipinski definition) is 6. The van der Waals surface area contributed by atoms with E-state index in [1.165, 1.54) is 13.2 Å². The Morgan fingerprint density at radius 3 is 2.23 bits per heavy atom. The average molecular weight is 541 g/mol. The maximum atomic E-state index is 12.2. The second-order valence-electron chi connectivity index (χ2n) is 5.69. The molecule has 0 radical (unpaired) electrons. The van der Waals surface area contributed by atoms with Gasteiger partial charge in [-0.3, -0.25) is 25.8 Å². The molecule has 0 aliphatic carbocycles. The standard InChI is InChI=1S/C20H20IN3O5S/c1-27-15-8-6-13(11-14(15)21)19(26)23-24-20(30)22-18(25)9-5-12-4-7-16(28-2)17(10-12)29-3/h4-11H,1-3H3,(H,23,26)(H2,22,24,25,30). The third-order valence-electron chi connectivity index (χ3n) is 3.78. The molecule has 2 rings (SSSR count). The van der Waals surface area contributed by atoms with Gasteiger partial charge in [0.25, 0.3) is 5.91 Å². The van der Waals surface area contributed by atoms with Gasteiger partial charge in [0.15, 0.2) is 16.6 Å². The summed E-state index contributed by atoms with van der Waals surface area (Å²) in [6.07, 6.45) is 2.90. The zero-order chi connectivity index (χ0) is 22.1. The van der Waals surface area contributed by atoms with Crippen molar-refractivity contribution in [2.75, 3.05) is 21.3 Å². The highest BCUT2D eigenvalue weighted by atomic mass is 127. The molecule has 0 fully saturated rings. The Bertz CT molecular complexity index is 981. The van der Waals surface area contributed by atoms with Crippen LogP contribution < -0.4 is 30.4 Å². The van der Waals surface area contributed by atoms with E-state index in [1.54, 1.807) is 56.7 Å². The number of nitrogens with one attached hydrogen (secondary N) is 3. The summed E-state index contributed by atoms with van der Waals surface area (Å²) in [5.74, 6) is 0.938. The smallest absolute Gasteiger partial charge is 0.269 e. The zero-order valence-corrected chi connectivity index (χ0v) is 19.4. The van der Waals surface area contributed by atoms with Crippen molar-refractivity contribution >= 4 is 57.8 Å². The van der Waals surface area contributed by atoms with Gasteiger partial charge < -0.3 is 14.2 Å². The van der Waals surface area contributed by atoms with Crippen molar-refractivity contribution in [3.8, 4) is 17.2 Å². The minimum Gasteiger partial charge on any atom is -0.496 e. The van der Waals surface area contributed by atoms with Gasteiger partial charge in [0.1, 0.15) is 5.75 Å². The molecule has 0 aromatic heterocycles. The Labute approximate surface area is 193 Å². The minimum absolute atomic E-state index is 0.0477. The molecule has 2 aromatic rings. The monoisotopic (exact) mass is 541 g/mol. The SMILES string of the molecule is COc1ccc(C(=O)NNC(=S)NC(=O)C=Cc2ccc(OC)c(OC)c2)cc1I. The number of amides is 2. The van der Waals surface area contributed by atoms with Crippen molar-refractivity contribution in [3.63, 3.8) is 0 Å². The largest absolute Gasteiger partial charge is 0.496 e. The van der Waals surface area contributed by atoms with Crippen molar-refractivity contribution in [2.24, 2.45) is 0 Å². The van der Waals surface area contributed by atoms with Crippen molar-refractivity contribution in [1.82, 2.24) is 16.2 Å². The molecule has 0 unspecified atom stereocenters. The molecule has 2 aromatic carbocycles. The number of hydrogen-bond donors (Lipinski definition) is 3. The first kappa shape index (κ1) is 23.4. The number of carbonyl (C=O) groups is 2. The first-order valence-corrected chi connectivity index (χ1v) is 10.0. The van der Waals surface area contributed by atoms with Crippen LogP contribution in [0.3, 0.4) is 0 Å². The van der Waals surface area contributed by atoms with Gasteiger partial charge in [0.2, 0.25) is 5.91 Å². The van der Waals surface area contributed by atoms with Crippen molar-refractivity contribution < 1.29 is 23.8 Å². The summed E-state index contributed by atoms with van der Waals surface area (Å²) in [5.41, 5.74) is 6.07. The Morgan fingerprint density at radius 1 is 0.933 bits per heavy atom. The maximum Gasteiger partial charge on any atom is 0.269 e. The predicted octanol–water partition coefficient (Wildman–Crippen LogP) is 2.67. The van der Waals surface area contributed by atoms with Gasteiger partial charge >= 0.3 is 0 Å². The molecule has 8 nitrogen and oxygen atoms in total. The van der Waals surface area contributed by atoms with Crippen molar-refractivity contribution in [1.29, 1.82) is 0 Å². The molecule has 0 saturated carbocycles. The molecular weight excluding hydrogens is 521 g/mol. The van der Waals surface area contributed by atoms with E-state index >= 15 is 0 Å². The first-order chi connectivity index (χ1) is 14.4. The molecule has 0 spiro atoms. The minimum atomic E-state index is -0.462. The Morgan fingerprint density at radius 2 is 1.60 bits per heavy atom. The molecule has 158 valence electrons. The predicted molar refractivity (Wildman–Crippen MR) is 126 cm³/mol. The molecule has 0 saturated heterocycles. The summed E-state index contributed by atoms with van der Waals surface area (Å²) in [6, 6.07) is 10.2. The number of rotatable bonds is 6. The normalized spacial score (nSPS) is 10.3. The van der Waals surface area contributed by atoms with E-state index < -0.39 is 11.8 Å². The van der Waals surface area contributed by atoms with E-state index in [9.17, 15) is 9.59 Å². The lowest BCUT2D eigenvalue weighted by Crippen LogP contribution is -2.48. The lowest BCUT2D eigenvalue weighted by atomic mass is 10.2. The molecule has 0 aliphatic heterocycles. The van der Waals surface area contributed by atoms with Gasteiger partial charge in [-0.2, -0.15) is 0 Å². The molecule has 3 N–H and O–H groups in total. The average Bonchev–Trinajstić information content (AvgIpc) is 2.75. The lowest BCUT2D eigenvalue weighted by molar-refractivity contribution is -0.115. The lowest BCUT2D eigenvalue weighted by Gasteiger charge is -2.11. The summed E-state index contributed by atoms with van der Waals surface area (Å²) in [6.45, 7) is 0. The molecule has 10 heteroatoms. The van der Waals surface area contributed by atoms with Gasteiger partial charge in [-0.05, 0) is 76.8 Å². The number of hydrazine groups is 1. The number of carbonyl (C=O) groups excluding carboxylic acids is 2. The van der Waals surface area contributed by atoms with Crippen LogP contribution in [0.4, 0.5) is 0 Å². The zero-order valence-electron chi connectivity index (χ0n) is 16.4. The fourth-order valence-electron chi connectivity index (χ4n) is 2.31. The highest BCUT2D eigenvalue weighted by molar-refractivity contribution is 14.1. The highest BCUT2D eigenvalue weighted by Gasteiger charge is 2.10. The van der Waals surface area contributed by atoms with Crippen LogP contribution in [0.1, 0.15) is 15.9 Å². The number of halogens is 1. The number of methoxy groups -OCH3 is 3. The van der Waals surface area contributed by atoms with Crippen molar-refractivity contribution in [2.45, 2.75) is 0 Å². The summed E-state index contributed by atoms with van der Waals surface area (Å²) in [5, 5.41) is 2.39. The summed E-state index contributed by atoms with van der Waals surface area (Å²) in [7, 11) is 4.63. The fraction of sp³-hybridized carbons (Fsp3) is 0.150. The number of ether oxygens (including phenoxy) is 3. The Kier molecular flexibility index (Phi) is 8.87. The second-order valence-corrected chi connectivity index (χ2v) is 7.27. The third-order valence-corrected chi connectivity index (χ3v) is 4.82. The summed E-state index contributed by atoms with van der Waals surface area (Å²) < 4.78 is 16.3. The van der Waals surface area contributed by atoms with Crippen molar-refractivity contribution in [3.05, 3.63) is 57.2 Å². The second kappa shape index (κ2) is 11.4. The van der Waals surface area contributed by atoms with Crippen LogP contribution in [-0.4, -0.2) is 38.3 Å². The van der Waals surface area contributed by atoms with Crippen LogP contribution in [-0.2, 0) is 4.79 Å². The molecule has 0 heterocycles. The van der Waals surface area contributed by atoms with Crippen LogP contribution in [0.15, 0.2) is 42.5 Å². The quantitative estimate of drug-likeness (QED) is 0.224. The molecule has 0 atom stereocenters. The summed E-state index contributed by atoms with van der Waals surface area (Å²) >= 11 is 7.09. The Hall–Kier alpha value is -2.86. The first-order valence-electron chi connectivity index (χ1n) is 8.53. The topological polar surface area (TPSA) is 97.9 Å². The third kappa shape index (κ3) is 6.59. The Balaban J connectivity index is 1.87. The highest BCUT2D eigenvalue weighted by Crippen LogP contribution is 2.27. The molecule has 30 heavy (non-hydrogen) atoms. The fourth-order valence-corrected chi connectivity index (χ4v) is 3.19. The van der Waals surface area contributed by atoms with Gasteiger partial charge in [-0.25, -0.2) is 0 Å². The number of benzene rings is 2. The van der Waals surface area contributed by atoms with Crippen LogP contribution in [0.5, 0.6) is 17.2 Å². The van der Waals surface area contributed by atoms with E-state index in [4.69, 9.17) is 26.4 Å². The van der Waals surface area contributed by atoms with Crippen LogP contribution in [0, 0.1) is 3.57 Å². The molecule has 0 aliphatic rings. The summed E-state index contributed by atoms with van der Waals surface area (Å²) in [4.78, 5) is 24.2. The van der Waals surface area contributed by atoms with E-state index in [0.717, 1.165) is 9.13 Å².